The summed E-state index contributed by atoms with van der Waals surface area (Å²) in [7, 11) is 0. The molecule has 1 aromatic heterocycles. The standard InChI is InChI=1S/C12H22BrN5/c1-3-4-5-6-7-9(2)16-11-10(13)8-15-12(17-11)18-14/h8-9H,3-7,14H2,1-2H3,(H2,15,16,17,18). The van der Waals surface area contributed by atoms with Gasteiger partial charge in [0.25, 0.3) is 0 Å². The normalized spacial score (nSPS) is 12.2. The Bertz CT molecular complexity index is 358. The largest absolute Gasteiger partial charge is 0.367 e. The lowest BCUT2D eigenvalue weighted by atomic mass is 10.1. The number of unbranched alkanes of at least 4 members (excludes halogenated alkanes) is 3. The van der Waals surface area contributed by atoms with E-state index < -0.39 is 0 Å². The van der Waals surface area contributed by atoms with Crippen molar-refractivity contribution in [2.75, 3.05) is 10.7 Å². The van der Waals surface area contributed by atoms with Crippen molar-refractivity contribution in [3.05, 3.63) is 10.7 Å². The summed E-state index contributed by atoms with van der Waals surface area (Å²) in [5, 5.41) is 3.37. The first-order chi connectivity index (χ1) is 8.67. The molecule has 0 fully saturated rings. The summed E-state index contributed by atoms with van der Waals surface area (Å²) in [5.41, 5.74) is 2.44. The highest BCUT2D eigenvalue weighted by atomic mass is 79.9. The van der Waals surface area contributed by atoms with Crippen LogP contribution in [0.4, 0.5) is 11.8 Å². The van der Waals surface area contributed by atoms with E-state index in [4.69, 9.17) is 5.84 Å². The Morgan fingerprint density at radius 3 is 2.83 bits per heavy atom. The molecule has 102 valence electrons. The molecule has 5 nitrogen and oxygen atoms in total. The minimum absolute atomic E-state index is 0.388. The Balaban J connectivity index is 2.45. The molecule has 6 heteroatoms. The maximum atomic E-state index is 5.30. The number of hydrogen-bond acceptors (Lipinski definition) is 5. The zero-order valence-electron chi connectivity index (χ0n) is 11.0. The number of hydrogen-bond donors (Lipinski definition) is 3. The molecule has 0 saturated carbocycles. The summed E-state index contributed by atoms with van der Waals surface area (Å²) in [5.74, 6) is 6.49. The highest BCUT2D eigenvalue weighted by molar-refractivity contribution is 9.10. The van der Waals surface area contributed by atoms with Gasteiger partial charge in [0.15, 0.2) is 0 Å². The maximum absolute atomic E-state index is 5.30. The van der Waals surface area contributed by atoms with Gasteiger partial charge in [0.2, 0.25) is 5.95 Å². The van der Waals surface area contributed by atoms with Crippen molar-refractivity contribution in [3.63, 3.8) is 0 Å². The lowest BCUT2D eigenvalue weighted by Gasteiger charge is -2.15. The van der Waals surface area contributed by atoms with Gasteiger partial charge in [0.1, 0.15) is 5.82 Å². The lowest BCUT2D eigenvalue weighted by molar-refractivity contribution is 0.593. The van der Waals surface area contributed by atoms with Gasteiger partial charge >= 0.3 is 0 Å². The Labute approximate surface area is 117 Å². The van der Waals surface area contributed by atoms with Crippen molar-refractivity contribution >= 4 is 27.7 Å². The average Bonchev–Trinajstić information content (AvgIpc) is 2.37. The van der Waals surface area contributed by atoms with Crippen LogP contribution >= 0.6 is 15.9 Å². The monoisotopic (exact) mass is 315 g/mol. The van der Waals surface area contributed by atoms with Gasteiger partial charge in [-0.2, -0.15) is 4.98 Å². The summed E-state index contributed by atoms with van der Waals surface area (Å²) >= 11 is 3.43. The molecule has 18 heavy (non-hydrogen) atoms. The highest BCUT2D eigenvalue weighted by Gasteiger charge is 2.08. The van der Waals surface area contributed by atoms with Crippen LogP contribution in [0.3, 0.4) is 0 Å². The first-order valence-corrected chi connectivity index (χ1v) is 7.22. The number of hydrazine groups is 1. The minimum atomic E-state index is 0.388. The molecule has 0 spiro atoms. The second kappa shape index (κ2) is 8.26. The van der Waals surface area contributed by atoms with E-state index in [1.54, 1.807) is 6.20 Å². The van der Waals surface area contributed by atoms with Crippen LogP contribution < -0.4 is 16.6 Å². The van der Waals surface area contributed by atoms with Gasteiger partial charge in [-0.1, -0.05) is 32.6 Å². The van der Waals surface area contributed by atoms with Crippen LogP contribution in [0.5, 0.6) is 0 Å². The summed E-state index contributed by atoms with van der Waals surface area (Å²) < 4.78 is 0.849. The molecular weight excluding hydrogens is 294 g/mol. The van der Waals surface area contributed by atoms with Crippen LogP contribution in [0.2, 0.25) is 0 Å². The van der Waals surface area contributed by atoms with E-state index in [9.17, 15) is 0 Å². The topological polar surface area (TPSA) is 75.9 Å². The van der Waals surface area contributed by atoms with E-state index in [1.165, 1.54) is 25.7 Å². The van der Waals surface area contributed by atoms with Crippen molar-refractivity contribution in [1.82, 2.24) is 9.97 Å². The number of anilines is 2. The first kappa shape index (κ1) is 15.2. The van der Waals surface area contributed by atoms with E-state index in [0.29, 0.717) is 12.0 Å². The van der Waals surface area contributed by atoms with Gasteiger partial charge < -0.3 is 5.32 Å². The zero-order chi connectivity index (χ0) is 13.4. The molecule has 0 aromatic carbocycles. The molecule has 0 aliphatic carbocycles. The number of nitrogens with two attached hydrogens (primary N) is 1. The van der Waals surface area contributed by atoms with Gasteiger partial charge in [-0.3, -0.25) is 5.43 Å². The molecule has 0 aliphatic rings. The second-order valence-electron chi connectivity index (χ2n) is 4.43. The average molecular weight is 316 g/mol. The summed E-state index contributed by atoms with van der Waals surface area (Å²) in [6, 6.07) is 0.388. The van der Waals surface area contributed by atoms with E-state index in [2.05, 4.69) is 50.5 Å². The Morgan fingerprint density at radius 2 is 2.17 bits per heavy atom. The molecule has 1 atom stereocenters. The van der Waals surface area contributed by atoms with E-state index >= 15 is 0 Å². The van der Waals surface area contributed by atoms with Gasteiger partial charge in [-0.05, 0) is 29.3 Å². The van der Waals surface area contributed by atoms with Crippen molar-refractivity contribution in [2.45, 2.75) is 52.0 Å². The molecule has 0 saturated heterocycles. The van der Waals surface area contributed by atoms with Gasteiger partial charge in [0, 0.05) is 12.2 Å². The number of halogens is 1. The molecule has 4 N–H and O–H groups in total. The van der Waals surface area contributed by atoms with Crippen LogP contribution in [0.1, 0.15) is 46.0 Å². The maximum Gasteiger partial charge on any atom is 0.239 e. The zero-order valence-corrected chi connectivity index (χ0v) is 12.6. The van der Waals surface area contributed by atoms with Crippen LogP contribution in [-0.2, 0) is 0 Å². The smallest absolute Gasteiger partial charge is 0.239 e. The first-order valence-electron chi connectivity index (χ1n) is 6.43. The van der Waals surface area contributed by atoms with Crippen molar-refractivity contribution in [2.24, 2.45) is 5.84 Å². The summed E-state index contributed by atoms with van der Waals surface area (Å²) in [6.45, 7) is 4.39. The molecular formula is C12H22BrN5. The molecule has 1 unspecified atom stereocenters. The third-order valence-corrected chi connectivity index (χ3v) is 3.33. The van der Waals surface area contributed by atoms with Crippen LogP contribution in [0.15, 0.2) is 10.7 Å². The number of nitrogens with zero attached hydrogens (tertiary/aromatic N) is 2. The fraction of sp³-hybridized carbons (Fsp3) is 0.667. The summed E-state index contributed by atoms with van der Waals surface area (Å²) in [6.07, 6.45) is 7.95. The lowest BCUT2D eigenvalue weighted by Crippen LogP contribution is -2.18. The van der Waals surface area contributed by atoms with E-state index in [0.717, 1.165) is 16.7 Å². The van der Waals surface area contributed by atoms with Gasteiger partial charge in [-0.15, -0.1) is 0 Å². The molecule has 1 rings (SSSR count). The van der Waals surface area contributed by atoms with Crippen LogP contribution in [-0.4, -0.2) is 16.0 Å². The third kappa shape index (κ3) is 5.18. The predicted octanol–water partition coefficient (Wildman–Crippen LogP) is 3.30. The van der Waals surface area contributed by atoms with Crippen molar-refractivity contribution < 1.29 is 0 Å². The third-order valence-electron chi connectivity index (χ3n) is 2.75. The van der Waals surface area contributed by atoms with Crippen molar-refractivity contribution in [3.8, 4) is 0 Å². The Hall–Kier alpha value is -0.880. The van der Waals surface area contributed by atoms with E-state index in [1.807, 2.05) is 0 Å². The van der Waals surface area contributed by atoms with Crippen LogP contribution in [0.25, 0.3) is 0 Å². The number of nitrogens with one attached hydrogen (secondary N) is 2. The second-order valence-corrected chi connectivity index (χ2v) is 5.28. The molecule has 0 aliphatic heterocycles. The molecule has 0 amide bonds. The SMILES string of the molecule is CCCCCCC(C)Nc1nc(NN)ncc1Br. The highest BCUT2D eigenvalue weighted by Crippen LogP contribution is 2.21. The van der Waals surface area contributed by atoms with E-state index in [-0.39, 0.29) is 0 Å². The minimum Gasteiger partial charge on any atom is -0.367 e. The molecule has 0 radical (unpaired) electrons. The molecule has 1 aromatic rings. The number of nitrogen functional groups attached to an aromatic ring is 1. The quantitative estimate of drug-likeness (QED) is 0.390. The fourth-order valence-corrected chi connectivity index (χ4v) is 2.03. The van der Waals surface area contributed by atoms with Gasteiger partial charge in [-0.25, -0.2) is 10.8 Å². The number of aromatic nitrogens is 2. The van der Waals surface area contributed by atoms with Crippen LogP contribution in [0, 0.1) is 0 Å². The Morgan fingerprint density at radius 1 is 1.39 bits per heavy atom. The Kier molecular flexibility index (Phi) is 6.97. The van der Waals surface area contributed by atoms with Crippen molar-refractivity contribution in [1.29, 1.82) is 0 Å². The predicted molar refractivity (Wildman–Crippen MR) is 79.4 cm³/mol. The fourth-order valence-electron chi connectivity index (χ4n) is 1.72. The van der Waals surface area contributed by atoms with Gasteiger partial charge in [0.05, 0.1) is 4.47 Å². The number of rotatable bonds is 8. The molecule has 0 bridgehead atoms. The molecule has 1 heterocycles. The summed E-state index contributed by atoms with van der Waals surface area (Å²) in [4.78, 5) is 8.29.